The molecular weight excluding hydrogens is 114 g/mol. The van der Waals surface area contributed by atoms with Crippen LogP contribution in [0.2, 0.25) is 0 Å². The molecule has 0 N–H and O–H groups in total. The van der Waals surface area contributed by atoms with Crippen LogP contribution in [0.5, 0.6) is 0 Å². The molecule has 0 saturated heterocycles. The second-order valence-electron chi connectivity index (χ2n) is 2.70. The highest BCUT2D eigenvalue weighted by Gasteiger charge is 2.14. The van der Waals surface area contributed by atoms with Gasteiger partial charge in [0.1, 0.15) is 6.29 Å². The Bertz CT molecular complexity index is 132. The molecule has 0 unspecified atom stereocenters. The molecule has 50 valence electrons. The van der Waals surface area contributed by atoms with Gasteiger partial charge in [-0.2, -0.15) is 5.26 Å². The Morgan fingerprint density at radius 1 is 1.67 bits per heavy atom. The largest absolute Gasteiger partial charge is 0.303 e. The molecule has 0 fully saturated rings. The lowest BCUT2D eigenvalue weighted by molar-refractivity contribution is -0.108. The summed E-state index contributed by atoms with van der Waals surface area (Å²) in [6.07, 6.45) is 1.99. The van der Waals surface area contributed by atoms with Gasteiger partial charge < -0.3 is 4.79 Å². The van der Waals surface area contributed by atoms with E-state index in [0.717, 1.165) is 6.29 Å². The molecule has 0 aliphatic rings. The van der Waals surface area contributed by atoms with E-state index in [2.05, 4.69) is 6.07 Å². The van der Waals surface area contributed by atoms with Crippen molar-refractivity contribution in [1.29, 1.82) is 5.26 Å². The highest BCUT2D eigenvalue weighted by Crippen LogP contribution is 2.19. The molecule has 0 aliphatic carbocycles. The van der Waals surface area contributed by atoms with Gasteiger partial charge in [0.15, 0.2) is 0 Å². The molecular formula is C7H11NO. The van der Waals surface area contributed by atoms with Crippen molar-refractivity contribution in [2.45, 2.75) is 26.7 Å². The molecule has 0 aliphatic heterocycles. The van der Waals surface area contributed by atoms with Crippen LogP contribution in [0.25, 0.3) is 0 Å². The minimum Gasteiger partial charge on any atom is -0.303 e. The Balaban J connectivity index is 3.61. The van der Waals surface area contributed by atoms with E-state index < -0.39 is 0 Å². The Kier molecular flexibility index (Phi) is 2.94. The molecule has 9 heavy (non-hydrogen) atoms. The maximum absolute atomic E-state index is 9.86. The van der Waals surface area contributed by atoms with Gasteiger partial charge in [0.05, 0.1) is 11.5 Å². The molecule has 2 heteroatoms. The number of nitrogens with zero attached hydrogens (tertiary/aromatic N) is 1. The monoisotopic (exact) mass is 125 g/mol. The van der Waals surface area contributed by atoms with Gasteiger partial charge >= 0.3 is 0 Å². The highest BCUT2D eigenvalue weighted by molar-refractivity contribution is 5.49. The summed E-state index contributed by atoms with van der Waals surface area (Å²) in [6.45, 7) is 3.66. The van der Waals surface area contributed by atoms with Crippen molar-refractivity contribution in [2.75, 3.05) is 0 Å². The van der Waals surface area contributed by atoms with E-state index >= 15 is 0 Å². The average Bonchev–Trinajstić information content (AvgIpc) is 1.84. The first-order valence-electron chi connectivity index (χ1n) is 2.97. The van der Waals surface area contributed by atoms with Crippen LogP contribution in [-0.2, 0) is 4.79 Å². The molecule has 0 aromatic rings. The molecule has 2 nitrogen and oxygen atoms in total. The third kappa shape index (κ3) is 3.72. The second-order valence-corrected chi connectivity index (χ2v) is 2.70. The highest BCUT2D eigenvalue weighted by atomic mass is 16.1. The van der Waals surface area contributed by atoms with Gasteiger partial charge in [0.2, 0.25) is 0 Å². The van der Waals surface area contributed by atoms with E-state index in [-0.39, 0.29) is 5.41 Å². The van der Waals surface area contributed by atoms with Gasteiger partial charge in [-0.3, -0.25) is 0 Å². The molecule has 0 radical (unpaired) electrons. The van der Waals surface area contributed by atoms with Crippen LogP contribution in [0.3, 0.4) is 0 Å². The maximum Gasteiger partial charge on any atom is 0.120 e. The molecule has 0 atom stereocenters. The fraction of sp³-hybridized carbons (Fsp3) is 0.714. The van der Waals surface area contributed by atoms with Crippen molar-refractivity contribution < 1.29 is 4.79 Å². The molecule has 0 spiro atoms. The Morgan fingerprint density at radius 2 is 2.22 bits per heavy atom. The van der Waals surface area contributed by atoms with Crippen molar-refractivity contribution in [2.24, 2.45) is 5.41 Å². The summed E-state index contributed by atoms with van der Waals surface area (Å²) in [4.78, 5) is 9.86. The van der Waals surface area contributed by atoms with Crippen molar-refractivity contribution in [3.8, 4) is 6.07 Å². The maximum atomic E-state index is 9.86. The van der Waals surface area contributed by atoms with E-state index in [0.29, 0.717) is 12.8 Å². The van der Waals surface area contributed by atoms with Gasteiger partial charge in [-0.25, -0.2) is 0 Å². The van der Waals surface area contributed by atoms with E-state index in [4.69, 9.17) is 5.26 Å². The zero-order chi connectivity index (χ0) is 7.33. The molecule has 0 aromatic carbocycles. The van der Waals surface area contributed by atoms with Gasteiger partial charge in [-0.1, -0.05) is 0 Å². The van der Waals surface area contributed by atoms with Crippen LogP contribution in [0.4, 0.5) is 0 Å². The van der Waals surface area contributed by atoms with Crippen molar-refractivity contribution in [3.05, 3.63) is 0 Å². The summed E-state index contributed by atoms with van der Waals surface area (Å²) in [5.74, 6) is 0. The first-order chi connectivity index (χ1) is 4.12. The molecule has 0 bridgehead atoms. The summed E-state index contributed by atoms with van der Waals surface area (Å²) in [7, 11) is 0. The summed E-state index contributed by atoms with van der Waals surface area (Å²) in [5, 5.41) is 8.45. The number of aldehydes is 1. The molecule has 0 rings (SSSR count). The van der Waals surface area contributed by atoms with E-state index in [1.807, 2.05) is 13.8 Å². The van der Waals surface area contributed by atoms with Gasteiger partial charge in [-0.15, -0.1) is 0 Å². The Hall–Kier alpha value is -0.840. The number of carbonyl (C=O) groups excluding carboxylic acids is 1. The Morgan fingerprint density at radius 3 is 2.56 bits per heavy atom. The van der Waals surface area contributed by atoms with Crippen LogP contribution < -0.4 is 0 Å². The Labute approximate surface area is 55.5 Å². The van der Waals surface area contributed by atoms with Crippen molar-refractivity contribution in [1.82, 2.24) is 0 Å². The summed E-state index contributed by atoms with van der Waals surface area (Å²) in [6, 6.07) is 2.12. The molecule has 0 aromatic heterocycles. The predicted octanol–water partition coefficient (Wildman–Crippen LogP) is 1.52. The molecule has 0 saturated carbocycles. The van der Waals surface area contributed by atoms with Crippen LogP contribution in [0.15, 0.2) is 0 Å². The summed E-state index contributed by atoms with van der Waals surface area (Å²) in [5.41, 5.74) is -0.332. The molecule has 0 amide bonds. The quantitative estimate of drug-likeness (QED) is 0.536. The predicted molar refractivity (Wildman–Crippen MR) is 34.7 cm³/mol. The lowest BCUT2D eigenvalue weighted by Crippen LogP contribution is -2.07. The lowest BCUT2D eigenvalue weighted by Gasteiger charge is -2.11. The summed E-state index contributed by atoms with van der Waals surface area (Å²) >= 11 is 0. The SMILES string of the molecule is CC(C)(C#N)CCC=O. The first-order valence-corrected chi connectivity index (χ1v) is 2.97. The minimum absolute atomic E-state index is 0.332. The van der Waals surface area contributed by atoms with Crippen LogP contribution in [-0.4, -0.2) is 6.29 Å². The second kappa shape index (κ2) is 3.24. The summed E-state index contributed by atoms with van der Waals surface area (Å²) < 4.78 is 0. The van der Waals surface area contributed by atoms with E-state index in [1.165, 1.54) is 0 Å². The zero-order valence-electron chi connectivity index (χ0n) is 5.85. The number of hydrogen-bond donors (Lipinski definition) is 0. The third-order valence-corrected chi connectivity index (χ3v) is 1.19. The number of nitriles is 1. The fourth-order valence-corrected chi connectivity index (χ4v) is 0.476. The number of hydrogen-bond acceptors (Lipinski definition) is 2. The van der Waals surface area contributed by atoms with Gasteiger partial charge in [0.25, 0.3) is 0 Å². The van der Waals surface area contributed by atoms with E-state index in [9.17, 15) is 4.79 Å². The zero-order valence-corrected chi connectivity index (χ0v) is 5.85. The smallest absolute Gasteiger partial charge is 0.120 e. The van der Waals surface area contributed by atoms with Crippen LogP contribution >= 0.6 is 0 Å². The first kappa shape index (κ1) is 8.16. The average molecular weight is 125 g/mol. The third-order valence-electron chi connectivity index (χ3n) is 1.19. The van der Waals surface area contributed by atoms with E-state index in [1.54, 1.807) is 0 Å². The van der Waals surface area contributed by atoms with Crippen molar-refractivity contribution in [3.63, 3.8) is 0 Å². The number of rotatable bonds is 3. The van der Waals surface area contributed by atoms with Crippen LogP contribution in [0, 0.1) is 16.7 Å². The van der Waals surface area contributed by atoms with Gasteiger partial charge in [0, 0.05) is 6.42 Å². The standard InChI is InChI=1S/C7H11NO/c1-7(2,6-8)4-3-5-9/h5H,3-4H2,1-2H3. The number of carbonyl (C=O) groups is 1. The normalized spacial score (nSPS) is 10.3. The minimum atomic E-state index is -0.332. The topological polar surface area (TPSA) is 40.9 Å². The lowest BCUT2D eigenvalue weighted by atomic mass is 9.90. The van der Waals surface area contributed by atoms with Crippen LogP contribution in [0.1, 0.15) is 26.7 Å². The fourth-order valence-electron chi connectivity index (χ4n) is 0.476. The van der Waals surface area contributed by atoms with Crippen molar-refractivity contribution >= 4 is 6.29 Å². The van der Waals surface area contributed by atoms with Gasteiger partial charge in [-0.05, 0) is 20.3 Å². The molecule has 0 heterocycles.